The first kappa shape index (κ1) is 32.4. The molecule has 13 heteroatoms. The second-order valence-electron chi connectivity index (χ2n) is 11.8. The molecule has 0 aliphatic rings. The number of nitrogens with one attached hydrogen (secondary N) is 3. The Morgan fingerprint density at radius 1 is 0.812 bits per heavy atom. The molecule has 0 unspecified atom stereocenters. The first-order valence-corrected chi connectivity index (χ1v) is 15.6. The van der Waals surface area contributed by atoms with Crippen LogP contribution in [-0.2, 0) is 5.41 Å². The molecule has 0 saturated carbocycles. The molecule has 3 aromatic heterocycles. The number of halogens is 2. The van der Waals surface area contributed by atoms with Gasteiger partial charge < -0.3 is 14.8 Å². The number of methoxy groups -OCH3 is 1. The van der Waals surface area contributed by atoms with Crippen molar-refractivity contribution in [3.05, 3.63) is 113 Å². The van der Waals surface area contributed by atoms with Gasteiger partial charge in [-0.2, -0.15) is 5.10 Å². The summed E-state index contributed by atoms with van der Waals surface area (Å²) in [6.07, 6.45) is 4.97. The van der Waals surface area contributed by atoms with E-state index in [-0.39, 0.29) is 38.7 Å². The van der Waals surface area contributed by atoms with Gasteiger partial charge in [0.05, 0.1) is 29.2 Å². The van der Waals surface area contributed by atoms with Gasteiger partial charge in [0.2, 0.25) is 0 Å². The number of benzene rings is 3. The van der Waals surface area contributed by atoms with Crippen molar-refractivity contribution in [3.8, 4) is 22.9 Å². The number of carbonyl (C=O) groups excluding carboxylic acids is 2. The maximum Gasteiger partial charge on any atom is 0.331 e. The molecule has 3 aromatic carbocycles. The normalized spacial score (nSPS) is 11.3. The van der Waals surface area contributed by atoms with E-state index in [4.69, 9.17) is 37.8 Å². The molecule has 3 amide bonds. The van der Waals surface area contributed by atoms with Gasteiger partial charge in [0.1, 0.15) is 33.9 Å². The van der Waals surface area contributed by atoms with Crippen molar-refractivity contribution < 1.29 is 19.1 Å². The molecule has 0 spiro atoms. The number of hydrogen-bond acceptors (Lipinski definition) is 6. The van der Waals surface area contributed by atoms with Gasteiger partial charge in [-0.25, -0.2) is 19.3 Å². The number of urea groups is 1. The van der Waals surface area contributed by atoms with Crippen molar-refractivity contribution in [2.24, 2.45) is 0 Å². The average molecular weight is 685 g/mol. The molecule has 3 N–H and O–H groups in total. The minimum Gasteiger partial charge on any atom is -0.497 e. The van der Waals surface area contributed by atoms with E-state index in [2.05, 4.69) is 20.9 Å². The van der Waals surface area contributed by atoms with Crippen LogP contribution < -0.4 is 25.4 Å². The number of anilines is 3. The minimum atomic E-state index is -0.554. The molecular formula is C35H31Cl2N7O4. The summed E-state index contributed by atoms with van der Waals surface area (Å²) in [6.45, 7) is 6.12. The van der Waals surface area contributed by atoms with Gasteiger partial charge in [-0.3, -0.25) is 15.2 Å². The Labute approximate surface area is 286 Å². The van der Waals surface area contributed by atoms with E-state index in [0.29, 0.717) is 17.3 Å². The Balaban J connectivity index is 1.15. The van der Waals surface area contributed by atoms with Crippen LogP contribution in [0.25, 0.3) is 16.5 Å². The lowest BCUT2D eigenvalue weighted by molar-refractivity contribution is 0.253. The Morgan fingerprint density at radius 2 is 1.52 bits per heavy atom. The molecule has 6 rings (SSSR count). The lowest BCUT2D eigenvalue weighted by Gasteiger charge is -2.14. The summed E-state index contributed by atoms with van der Waals surface area (Å²) in [5, 5.41) is 15.1. The van der Waals surface area contributed by atoms with Gasteiger partial charge in [0.15, 0.2) is 0 Å². The zero-order chi connectivity index (χ0) is 34.0. The third kappa shape index (κ3) is 7.07. The lowest BCUT2D eigenvalue weighted by Crippen LogP contribution is -2.21. The molecule has 11 nitrogen and oxygen atoms in total. The average Bonchev–Trinajstić information content (AvgIpc) is 3.70. The summed E-state index contributed by atoms with van der Waals surface area (Å²) in [4.78, 5) is 30.2. The number of amides is 3. The molecule has 244 valence electrons. The van der Waals surface area contributed by atoms with Crippen LogP contribution in [-0.4, -0.2) is 38.5 Å². The zero-order valence-corrected chi connectivity index (χ0v) is 27.9. The van der Waals surface area contributed by atoms with E-state index in [1.54, 1.807) is 48.5 Å². The Hall–Kier alpha value is -5.52. The van der Waals surface area contributed by atoms with Gasteiger partial charge in [-0.15, -0.1) is 0 Å². The fourth-order valence-electron chi connectivity index (χ4n) is 4.78. The van der Waals surface area contributed by atoms with E-state index in [1.807, 2.05) is 75.4 Å². The molecule has 48 heavy (non-hydrogen) atoms. The van der Waals surface area contributed by atoms with Crippen LogP contribution in [0.3, 0.4) is 0 Å². The van der Waals surface area contributed by atoms with E-state index < -0.39 is 6.03 Å². The highest BCUT2D eigenvalue weighted by Crippen LogP contribution is 2.40. The van der Waals surface area contributed by atoms with Crippen LogP contribution in [0.1, 0.15) is 26.5 Å². The lowest BCUT2D eigenvalue weighted by atomic mass is 9.92. The van der Waals surface area contributed by atoms with Crippen molar-refractivity contribution in [2.75, 3.05) is 23.1 Å². The van der Waals surface area contributed by atoms with Crippen molar-refractivity contribution in [1.29, 1.82) is 0 Å². The SMILES string of the molecule is COc1ccc(-n2nc(C(C)(C)C)cc2NC(=O)Nc2ccc(Oc3ccnc(NC(=O)n4cc5ccccc5c4)c3)c(Cl)c2Cl)cc1. The third-order valence-corrected chi connectivity index (χ3v) is 8.18. The van der Waals surface area contributed by atoms with Gasteiger partial charge in [-0.1, -0.05) is 68.2 Å². The number of hydrogen-bond donors (Lipinski definition) is 3. The van der Waals surface area contributed by atoms with Crippen LogP contribution in [0.2, 0.25) is 10.0 Å². The third-order valence-electron chi connectivity index (χ3n) is 7.31. The fraction of sp³-hybridized carbons (Fsp3) is 0.143. The number of ether oxygens (including phenoxy) is 2. The van der Waals surface area contributed by atoms with Crippen LogP contribution >= 0.6 is 23.2 Å². The van der Waals surface area contributed by atoms with Gasteiger partial charge in [-0.05, 0) is 53.2 Å². The number of rotatable bonds is 7. The zero-order valence-electron chi connectivity index (χ0n) is 26.4. The summed E-state index contributed by atoms with van der Waals surface area (Å²) in [5.41, 5.74) is 1.52. The van der Waals surface area contributed by atoms with Crippen molar-refractivity contribution in [2.45, 2.75) is 26.2 Å². The fourth-order valence-corrected chi connectivity index (χ4v) is 5.18. The van der Waals surface area contributed by atoms with Crippen LogP contribution in [0, 0.1) is 0 Å². The second kappa shape index (κ2) is 13.3. The molecule has 3 heterocycles. The van der Waals surface area contributed by atoms with Gasteiger partial charge >= 0.3 is 12.1 Å². The Kier molecular flexibility index (Phi) is 8.99. The van der Waals surface area contributed by atoms with Crippen LogP contribution in [0.4, 0.5) is 26.9 Å². The topological polar surface area (TPSA) is 124 Å². The summed E-state index contributed by atoms with van der Waals surface area (Å²) in [5.74, 6) is 2.02. The standard InChI is InChI=1S/C35H31Cl2N7O4/c1-35(2,3)28-18-30(44(42-28)23-9-11-24(47-4)12-10-23)41-33(45)39-26-13-14-27(32(37)31(26)36)48-25-15-16-38-29(17-25)40-34(46)43-19-21-7-5-6-8-22(21)20-43/h5-20H,1-4H3,(H,38,40,46)(H2,39,41,45). The Bertz CT molecular complexity index is 2100. The van der Waals surface area contributed by atoms with Crippen LogP contribution in [0.5, 0.6) is 17.2 Å². The molecule has 0 fully saturated rings. The monoisotopic (exact) mass is 683 g/mol. The van der Waals surface area contributed by atoms with E-state index in [1.165, 1.54) is 10.8 Å². The summed E-state index contributed by atoms with van der Waals surface area (Å²) < 4.78 is 14.3. The molecule has 0 bridgehead atoms. The predicted molar refractivity (Wildman–Crippen MR) is 189 cm³/mol. The van der Waals surface area contributed by atoms with Crippen molar-refractivity contribution >= 4 is 63.4 Å². The molecule has 0 radical (unpaired) electrons. The van der Waals surface area contributed by atoms with E-state index in [0.717, 1.165) is 22.2 Å². The minimum absolute atomic E-state index is 0.0746. The molecule has 6 aromatic rings. The predicted octanol–water partition coefficient (Wildman–Crippen LogP) is 9.35. The summed E-state index contributed by atoms with van der Waals surface area (Å²) in [6, 6.07) is 22.2. The highest BCUT2D eigenvalue weighted by molar-refractivity contribution is 6.45. The molecule has 0 atom stereocenters. The summed E-state index contributed by atoms with van der Waals surface area (Å²) >= 11 is 13.2. The maximum absolute atomic E-state index is 13.2. The Morgan fingerprint density at radius 3 is 2.19 bits per heavy atom. The number of nitrogens with zero attached hydrogens (tertiary/aromatic N) is 4. The van der Waals surface area contributed by atoms with E-state index >= 15 is 0 Å². The quantitative estimate of drug-likeness (QED) is 0.154. The first-order valence-electron chi connectivity index (χ1n) is 14.8. The summed E-state index contributed by atoms with van der Waals surface area (Å²) in [7, 11) is 1.60. The van der Waals surface area contributed by atoms with Crippen molar-refractivity contribution in [3.63, 3.8) is 0 Å². The molecular weight excluding hydrogens is 653 g/mol. The van der Waals surface area contributed by atoms with Crippen LogP contribution in [0.15, 0.2) is 97.5 Å². The van der Waals surface area contributed by atoms with Gasteiger partial charge in [0, 0.05) is 36.1 Å². The maximum atomic E-state index is 13.2. The number of pyridine rings is 1. The van der Waals surface area contributed by atoms with Crippen molar-refractivity contribution in [1.82, 2.24) is 19.3 Å². The molecule has 0 saturated heterocycles. The largest absolute Gasteiger partial charge is 0.497 e. The van der Waals surface area contributed by atoms with E-state index in [9.17, 15) is 9.59 Å². The second-order valence-corrected chi connectivity index (χ2v) is 12.6. The highest BCUT2D eigenvalue weighted by Gasteiger charge is 2.22. The highest BCUT2D eigenvalue weighted by atomic mass is 35.5. The number of carbonyl (C=O) groups is 2. The number of fused-ring (bicyclic) bond motifs is 1. The number of aromatic nitrogens is 4. The smallest absolute Gasteiger partial charge is 0.331 e. The first-order chi connectivity index (χ1) is 23.0. The van der Waals surface area contributed by atoms with Gasteiger partial charge in [0.25, 0.3) is 0 Å². The molecule has 0 aliphatic carbocycles. The molecule has 0 aliphatic heterocycles.